The first kappa shape index (κ1) is 17.2. The summed E-state index contributed by atoms with van der Waals surface area (Å²) in [6.45, 7) is -0.215. The summed E-state index contributed by atoms with van der Waals surface area (Å²) in [6.07, 6.45) is 5.45. The number of imide groups is 1. The zero-order chi connectivity index (χ0) is 19.3. The third kappa shape index (κ3) is 2.49. The van der Waals surface area contributed by atoms with Crippen LogP contribution in [-0.2, 0) is 29.6 Å². The number of benzene rings is 2. The molecule has 0 bridgehead atoms. The fraction of sp³-hybridized carbons (Fsp3) is 0.348. The van der Waals surface area contributed by atoms with Crippen molar-refractivity contribution in [2.24, 2.45) is 0 Å². The lowest BCUT2D eigenvalue weighted by molar-refractivity contribution is -0.131. The molecule has 1 saturated heterocycles. The molecule has 1 aliphatic heterocycles. The van der Waals surface area contributed by atoms with Gasteiger partial charge >= 0.3 is 6.03 Å². The molecule has 3 aliphatic rings. The largest absolute Gasteiger partial charge is 0.325 e. The summed E-state index contributed by atoms with van der Waals surface area (Å²) in [6, 6.07) is 13.0. The number of urea groups is 1. The molecule has 28 heavy (non-hydrogen) atoms. The number of fused-ring (bicyclic) bond motifs is 3. The van der Waals surface area contributed by atoms with E-state index in [0.29, 0.717) is 12.0 Å². The molecule has 0 saturated carbocycles. The van der Waals surface area contributed by atoms with Crippen LogP contribution in [0.15, 0.2) is 42.5 Å². The Morgan fingerprint density at radius 1 is 0.964 bits per heavy atom. The number of nitrogens with one attached hydrogen (secondary N) is 1. The highest BCUT2D eigenvalue weighted by Gasteiger charge is 2.54. The van der Waals surface area contributed by atoms with Gasteiger partial charge in [-0.2, -0.15) is 0 Å². The van der Waals surface area contributed by atoms with E-state index in [0.717, 1.165) is 48.1 Å². The van der Waals surface area contributed by atoms with E-state index in [9.17, 15) is 14.4 Å². The van der Waals surface area contributed by atoms with E-state index in [-0.39, 0.29) is 18.2 Å². The van der Waals surface area contributed by atoms with Gasteiger partial charge in [-0.05, 0) is 66.8 Å². The zero-order valence-corrected chi connectivity index (χ0v) is 15.7. The molecule has 1 heterocycles. The van der Waals surface area contributed by atoms with Crippen LogP contribution < -0.4 is 5.32 Å². The van der Waals surface area contributed by atoms with Crippen LogP contribution in [0.1, 0.15) is 51.9 Å². The fourth-order valence-corrected chi connectivity index (χ4v) is 4.94. The molecule has 2 aromatic carbocycles. The number of rotatable bonds is 3. The van der Waals surface area contributed by atoms with Crippen LogP contribution in [0.2, 0.25) is 0 Å². The Hall–Kier alpha value is -2.95. The van der Waals surface area contributed by atoms with Gasteiger partial charge in [0.2, 0.25) is 0 Å². The van der Waals surface area contributed by atoms with Gasteiger partial charge in [-0.3, -0.25) is 14.5 Å². The lowest BCUT2D eigenvalue weighted by atomic mass is 9.76. The minimum absolute atomic E-state index is 0.195. The highest BCUT2D eigenvalue weighted by atomic mass is 16.2. The minimum atomic E-state index is -1.02. The van der Waals surface area contributed by atoms with Crippen molar-refractivity contribution < 1.29 is 14.4 Å². The average Bonchev–Trinajstić information content (AvgIpc) is 3.27. The number of hydrogen-bond acceptors (Lipinski definition) is 3. The predicted molar refractivity (Wildman–Crippen MR) is 104 cm³/mol. The quantitative estimate of drug-likeness (QED) is 0.663. The number of nitrogens with zero attached hydrogens (tertiary/aromatic N) is 1. The number of carbonyl (C=O) groups excluding carboxylic acids is 3. The number of hydrogen-bond donors (Lipinski definition) is 1. The molecule has 5 rings (SSSR count). The van der Waals surface area contributed by atoms with Crippen molar-refractivity contribution in [1.82, 2.24) is 10.2 Å². The molecular formula is C23H22N2O3. The maximum Gasteiger partial charge on any atom is 0.325 e. The molecule has 142 valence electrons. The molecule has 5 nitrogen and oxygen atoms in total. The summed E-state index contributed by atoms with van der Waals surface area (Å²) in [7, 11) is 0. The topological polar surface area (TPSA) is 66.5 Å². The van der Waals surface area contributed by atoms with E-state index in [1.807, 2.05) is 42.5 Å². The minimum Gasteiger partial charge on any atom is -0.319 e. The standard InChI is InChI=1S/C23H22N2O3/c26-20(18-11-10-15-6-3-7-17(15)13-18)14-25-21(27)23(24-22(25)28)12-4-8-16-5-1-2-9-19(16)23/h1-2,5,9-11,13H,3-4,6-8,12,14H2,(H,24,28)/t23-/m0/s1. The molecule has 2 aromatic rings. The molecule has 0 unspecified atom stereocenters. The van der Waals surface area contributed by atoms with Crippen molar-refractivity contribution in [3.63, 3.8) is 0 Å². The Bertz CT molecular complexity index is 1010. The summed E-state index contributed by atoms with van der Waals surface area (Å²) in [4.78, 5) is 39.9. The van der Waals surface area contributed by atoms with Crippen molar-refractivity contribution >= 4 is 17.7 Å². The molecule has 1 N–H and O–H groups in total. The van der Waals surface area contributed by atoms with Crippen LogP contribution in [0.25, 0.3) is 0 Å². The first-order valence-electron chi connectivity index (χ1n) is 9.96. The van der Waals surface area contributed by atoms with Gasteiger partial charge in [0.05, 0.1) is 6.54 Å². The number of aryl methyl sites for hydroxylation is 3. The maximum atomic E-state index is 13.3. The van der Waals surface area contributed by atoms with Crippen molar-refractivity contribution in [3.05, 3.63) is 70.3 Å². The van der Waals surface area contributed by atoms with E-state index < -0.39 is 11.6 Å². The third-order valence-electron chi connectivity index (χ3n) is 6.37. The van der Waals surface area contributed by atoms with Gasteiger partial charge in [-0.1, -0.05) is 36.4 Å². The molecule has 2 aliphatic carbocycles. The van der Waals surface area contributed by atoms with Crippen molar-refractivity contribution in [2.45, 2.75) is 44.1 Å². The van der Waals surface area contributed by atoms with Crippen LogP contribution in [0.5, 0.6) is 0 Å². The first-order chi connectivity index (χ1) is 13.6. The summed E-state index contributed by atoms with van der Waals surface area (Å²) >= 11 is 0. The van der Waals surface area contributed by atoms with Crippen molar-refractivity contribution in [3.8, 4) is 0 Å². The van der Waals surface area contributed by atoms with E-state index in [1.165, 1.54) is 11.1 Å². The van der Waals surface area contributed by atoms with E-state index >= 15 is 0 Å². The Morgan fingerprint density at radius 3 is 2.64 bits per heavy atom. The normalized spacial score (nSPS) is 22.9. The van der Waals surface area contributed by atoms with Gasteiger partial charge in [0.25, 0.3) is 5.91 Å². The molecule has 3 amide bonds. The van der Waals surface area contributed by atoms with Crippen molar-refractivity contribution in [2.75, 3.05) is 6.54 Å². The second-order valence-electron chi connectivity index (χ2n) is 8.00. The van der Waals surface area contributed by atoms with Gasteiger partial charge in [-0.25, -0.2) is 4.79 Å². The highest BCUT2D eigenvalue weighted by molar-refractivity contribution is 6.11. The summed E-state index contributed by atoms with van der Waals surface area (Å²) < 4.78 is 0. The van der Waals surface area contributed by atoms with Crippen LogP contribution in [-0.4, -0.2) is 29.2 Å². The Morgan fingerprint density at radius 2 is 1.75 bits per heavy atom. The van der Waals surface area contributed by atoms with Gasteiger partial charge in [-0.15, -0.1) is 0 Å². The molecular weight excluding hydrogens is 352 g/mol. The van der Waals surface area contributed by atoms with Crippen LogP contribution in [0, 0.1) is 0 Å². The van der Waals surface area contributed by atoms with Gasteiger partial charge in [0.1, 0.15) is 5.54 Å². The predicted octanol–water partition coefficient (Wildman–Crippen LogP) is 3.14. The van der Waals surface area contributed by atoms with Crippen LogP contribution in [0.4, 0.5) is 4.79 Å². The highest BCUT2D eigenvalue weighted by Crippen LogP contribution is 2.39. The van der Waals surface area contributed by atoms with E-state index in [2.05, 4.69) is 5.32 Å². The second-order valence-corrected chi connectivity index (χ2v) is 8.00. The molecule has 0 radical (unpaired) electrons. The monoisotopic (exact) mass is 374 g/mol. The number of carbonyl (C=O) groups is 3. The molecule has 5 heteroatoms. The van der Waals surface area contributed by atoms with Gasteiger partial charge in [0.15, 0.2) is 5.78 Å². The summed E-state index contributed by atoms with van der Waals surface area (Å²) in [5.74, 6) is -0.501. The van der Waals surface area contributed by atoms with Crippen molar-refractivity contribution in [1.29, 1.82) is 0 Å². The third-order valence-corrected chi connectivity index (χ3v) is 6.37. The summed E-state index contributed by atoms with van der Waals surface area (Å²) in [5.41, 5.74) is 4.02. The average molecular weight is 374 g/mol. The Balaban J connectivity index is 1.42. The number of ketones is 1. The van der Waals surface area contributed by atoms with E-state index in [4.69, 9.17) is 0 Å². The van der Waals surface area contributed by atoms with Crippen LogP contribution >= 0.6 is 0 Å². The number of amides is 3. The Labute approximate surface area is 163 Å². The lowest BCUT2D eigenvalue weighted by Crippen LogP contribution is -2.46. The molecule has 1 spiro atoms. The van der Waals surface area contributed by atoms with Crippen LogP contribution in [0.3, 0.4) is 0 Å². The van der Waals surface area contributed by atoms with E-state index in [1.54, 1.807) is 0 Å². The number of Topliss-reactive ketones (excluding diaryl/α,β-unsaturated/α-hetero) is 1. The smallest absolute Gasteiger partial charge is 0.319 e. The second kappa shape index (κ2) is 6.30. The fourth-order valence-electron chi connectivity index (χ4n) is 4.94. The lowest BCUT2D eigenvalue weighted by Gasteiger charge is -2.33. The van der Waals surface area contributed by atoms with Gasteiger partial charge in [0, 0.05) is 5.56 Å². The molecule has 1 fully saturated rings. The SMILES string of the molecule is O=C(CN1C(=O)N[C@]2(CCCc3ccccc32)C1=O)c1ccc2c(c1)CCC2. The molecule has 1 atom stereocenters. The zero-order valence-electron chi connectivity index (χ0n) is 15.7. The molecule has 0 aromatic heterocycles. The van der Waals surface area contributed by atoms with Gasteiger partial charge < -0.3 is 5.32 Å². The summed E-state index contributed by atoms with van der Waals surface area (Å²) in [5, 5.41) is 2.91. The first-order valence-corrected chi connectivity index (χ1v) is 9.96. The maximum absolute atomic E-state index is 13.3. The Kier molecular flexibility index (Phi) is 3.86.